The molecule has 0 aliphatic rings. The quantitative estimate of drug-likeness (QED) is 0.559. The number of thiazole rings is 1. The van der Waals surface area contributed by atoms with E-state index in [9.17, 15) is 0 Å². The average molecular weight is 339 g/mol. The zero-order chi connectivity index (χ0) is 16.5. The molecule has 4 rings (SSSR count). The third-order valence-electron chi connectivity index (χ3n) is 3.52. The predicted octanol–water partition coefficient (Wildman–Crippen LogP) is 4.03. The first-order valence-electron chi connectivity index (χ1n) is 7.20. The van der Waals surface area contributed by atoms with Gasteiger partial charge in [-0.2, -0.15) is 0 Å². The van der Waals surface area contributed by atoms with E-state index in [2.05, 4.69) is 15.2 Å². The maximum absolute atomic E-state index is 5.78. The lowest BCUT2D eigenvalue weighted by Gasteiger charge is -1.99. The maximum atomic E-state index is 5.78. The first-order chi connectivity index (χ1) is 11.8. The summed E-state index contributed by atoms with van der Waals surface area (Å²) < 4.78 is 17.2. The predicted molar refractivity (Wildman–Crippen MR) is 91.5 cm³/mol. The molecule has 24 heavy (non-hydrogen) atoms. The minimum Gasteiger partial charge on any atom is -0.497 e. The van der Waals surface area contributed by atoms with E-state index in [1.165, 1.54) is 11.3 Å². The van der Waals surface area contributed by atoms with Crippen LogP contribution in [-0.4, -0.2) is 29.4 Å². The normalized spacial score (nSPS) is 10.9. The van der Waals surface area contributed by atoms with Crippen molar-refractivity contribution in [1.82, 2.24) is 15.2 Å². The molecule has 0 spiro atoms. The van der Waals surface area contributed by atoms with Crippen LogP contribution in [0.3, 0.4) is 0 Å². The fourth-order valence-electron chi connectivity index (χ4n) is 2.31. The van der Waals surface area contributed by atoms with Crippen molar-refractivity contribution in [2.75, 3.05) is 14.2 Å². The van der Waals surface area contributed by atoms with Gasteiger partial charge in [-0.1, -0.05) is 6.07 Å². The van der Waals surface area contributed by atoms with Crippen molar-refractivity contribution in [2.45, 2.75) is 0 Å². The van der Waals surface area contributed by atoms with Gasteiger partial charge in [-0.05, 0) is 36.4 Å². The van der Waals surface area contributed by atoms with Crippen molar-refractivity contribution >= 4 is 21.6 Å². The van der Waals surface area contributed by atoms with E-state index in [-0.39, 0.29) is 0 Å². The van der Waals surface area contributed by atoms with Crippen molar-refractivity contribution in [3.8, 4) is 33.9 Å². The van der Waals surface area contributed by atoms with Crippen molar-refractivity contribution in [3.05, 3.63) is 42.5 Å². The monoisotopic (exact) mass is 339 g/mol. The summed E-state index contributed by atoms with van der Waals surface area (Å²) in [6.45, 7) is 0. The molecule has 2 aromatic heterocycles. The lowest BCUT2D eigenvalue weighted by atomic mass is 10.2. The van der Waals surface area contributed by atoms with Gasteiger partial charge in [-0.25, -0.2) is 4.98 Å². The van der Waals surface area contributed by atoms with Gasteiger partial charge in [0.1, 0.15) is 11.5 Å². The minimum atomic E-state index is 0.396. The number of ether oxygens (including phenoxy) is 2. The maximum Gasteiger partial charge on any atom is 0.277 e. The average Bonchev–Trinajstić information content (AvgIpc) is 3.27. The van der Waals surface area contributed by atoms with Gasteiger partial charge in [0.15, 0.2) is 5.01 Å². The van der Waals surface area contributed by atoms with E-state index in [1.807, 2.05) is 42.5 Å². The molecule has 6 nitrogen and oxygen atoms in total. The van der Waals surface area contributed by atoms with Crippen molar-refractivity contribution < 1.29 is 13.9 Å². The zero-order valence-electron chi connectivity index (χ0n) is 13.0. The Labute approximate surface area is 141 Å². The molecule has 120 valence electrons. The molecular formula is C17H13N3O3S. The van der Waals surface area contributed by atoms with Crippen LogP contribution in [-0.2, 0) is 0 Å². The van der Waals surface area contributed by atoms with E-state index in [4.69, 9.17) is 13.9 Å². The minimum absolute atomic E-state index is 0.396. The molecule has 0 aliphatic heterocycles. The molecule has 0 saturated heterocycles. The number of hydrogen-bond acceptors (Lipinski definition) is 7. The van der Waals surface area contributed by atoms with Crippen LogP contribution in [0.4, 0.5) is 0 Å². The fourth-order valence-corrected chi connectivity index (χ4v) is 3.22. The first-order valence-corrected chi connectivity index (χ1v) is 8.01. The molecule has 0 radical (unpaired) electrons. The van der Waals surface area contributed by atoms with Gasteiger partial charge in [0.05, 0.1) is 24.4 Å². The van der Waals surface area contributed by atoms with Crippen LogP contribution < -0.4 is 9.47 Å². The number of benzene rings is 2. The Morgan fingerprint density at radius 1 is 0.917 bits per heavy atom. The van der Waals surface area contributed by atoms with Crippen molar-refractivity contribution in [2.24, 2.45) is 0 Å². The zero-order valence-corrected chi connectivity index (χ0v) is 13.8. The Balaban J connectivity index is 1.71. The van der Waals surface area contributed by atoms with Crippen LogP contribution in [0, 0.1) is 0 Å². The highest BCUT2D eigenvalue weighted by atomic mass is 32.1. The van der Waals surface area contributed by atoms with Crippen molar-refractivity contribution in [3.63, 3.8) is 0 Å². The second-order valence-corrected chi connectivity index (χ2v) is 6.03. The number of aromatic nitrogens is 3. The van der Waals surface area contributed by atoms with Crippen LogP contribution >= 0.6 is 11.3 Å². The highest BCUT2D eigenvalue weighted by Gasteiger charge is 2.15. The van der Waals surface area contributed by atoms with Gasteiger partial charge in [0.2, 0.25) is 5.89 Å². The molecule has 2 aromatic carbocycles. The Kier molecular flexibility index (Phi) is 3.62. The fraction of sp³-hybridized carbons (Fsp3) is 0.118. The first kappa shape index (κ1) is 14.6. The molecular weight excluding hydrogens is 326 g/mol. The van der Waals surface area contributed by atoms with E-state index < -0.39 is 0 Å². The standard InChI is InChI=1S/C17H13N3O3S/c1-21-11-5-3-4-10(8-11)15-19-20-16(23-15)17-18-13-7-6-12(22-2)9-14(13)24-17/h3-9H,1-2H3. The largest absolute Gasteiger partial charge is 0.497 e. The summed E-state index contributed by atoms with van der Waals surface area (Å²) in [5.41, 5.74) is 1.67. The third-order valence-corrected chi connectivity index (χ3v) is 4.53. The van der Waals surface area contributed by atoms with Gasteiger partial charge < -0.3 is 13.9 Å². The second-order valence-electron chi connectivity index (χ2n) is 5.00. The van der Waals surface area contributed by atoms with E-state index in [1.54, 1.807) is 14.2 Å². The summed E-state index contributed by atoms with van der Waals surface area (Å²) in [5, 5.41) is 8.91. The lowest BCUT2D eigenvalue weighted by Crippen LogP contribution is -1.83. The second kappa shape index (κ2) is 5.93. The van der Waals surface area contributed by atoms with Crippen LogP contribution in [0.5, 0.6) is 11.5 Å². The molecule has 0 bridgehead atoms. The Hall–Kier alpha value is -2.93. The number of methoxy groups -OCH3 is 2. The molecule has 0 fully saturated rings. The molecule has 0 unspecified atom stereocenters. The SMILES string of the molecule is COc1cccc(-c2nnc(-c3nc4ccc(OC)cc4s3)o2)c1. The van der Waals surface area contributed by atoms with E-state index >= 15 is 0 Å². The Morgan fingerprint density at radius 2 is 1.71 bits per heavy atom. The molecule has 0 aliphatic carbocycles. The highest BCUT2D eigenvalue weighted by molar-refractivity contribution is 7.21. The van der Waals surface area contributed by atoms with E-state index in [0.717, 1.165) is 27.3 Å². The Bertz CT molecular complexity index is 1010. The topological polar surface area (TPSA) is 70.3 Å². The van der Waals surface area contributed by atoms with Crippen LogP contribution in [0.15, 0.2) is 46.9 Å². The molecule has 0 amide bonds. The highest BCUT2D eigenvalue weighted by Crippen LogP contribution is 2.33. The van der Waals surface area contributed by atoms with Gasteiger partial charge in [-0.15, -0.1) is 21.5 Å². The third kappa shape index (κ3) is 2.59. The van der Waals surface area contributed by atoms with Crippen LogP contribution in [0.1, 0.15) is 0 Å². The van der Waals surface area contributed by atoms with E-state index in [0.29, 0.717) is 16.8 Å². The Morgan fingerprint density at radius 3 is 2.54 bits per heavy atom. The van der Waals surface area contributed by atoms with Crippen LogP contribution in [0.25, 0.3) is 32.6 Å². The van der Waals surface area contributed by atoms with Gasteiger partial charge in [0, 0.05) is 5.56 Å². The summed E-state index contributed by atoms with van der Waals surface area (Å²) in [4.78, 5) is 4.54. The lowest BCUT2D eigenvalue weighted by molar-refractivity contribution is 0.414. The summed E-state index contributed by atoms with van der Waals surface area (Å²) in [6, 6.07) is 13.2. The summed E-state index contributed by atoms with van der Waals surface area (Å²) in [6.07, 6.45) is 0. The number of hydrogen-bond donors (Lipinski definition) is 0. The van der Waals surface area contributed by atoms with Gasteiger partial charge in [0.25, 0.3) is 5.89 Å². The molecule has 0 saturated carbocycles. The molecule has 4 aromatic rings. The summed E-state index contributed by atoms with van der Waals surface area (Å²) in [7, 11) is 3.26. The molecule has 0 N–H and O–H groups in total. The van der Waals surface area contributed by atoms with Gasteiger partial charge >= 0.3 is 0 Å². The smallest absolute Gasteiger partial charge is 0.277 e. The molecule has 7 heteroatoms. The molecule has 0 atom stereocenters. The van der Waals surface area contributed by atoms with Crippen LogP contribution in [0.2, 0.25) is 0 Å². The number of fused-ring (bicyclic) bond motifs is 1. The van der Waals surface area contributed by atoms with Crippen molar-refractivity contribution in [1.29, 1.82) is 0 Å². The number of rotatable bonds is 4. The summed E-state index contributed by atoms with van der Waals surface area (Å²) >= 11 is 1.48. The molecule has 2 heterocycles. The van der Waals surface area contributed by atoms with Gasteiger partial charge in [-0.3, -0.25) is 0 Å². The number of nitrogens with zero attached hydrogens (tertiary/aromatic N) is 3. The summed E-state index contributed by atoms with van der Waals surface area (Å²) in [5.74, 6) is 2.35.